The number of carbonyl (C=O) groups excluding carboxylic acids is 1. The summed E-state index contributed by atoms with van der Waals surface area (Å²) in [6, 6.07) is 5.44. The van der Waals surface area contributed by atoms with Gasteiger partial charge in [-0.3, -0.25) is 4.79 Å². The molecule has 0 heterocycles. The smallest absolute Gasteiger partial charge is 0.166 e. The summed E-state index contributed by atoms with van der Waals surface area (Å²) in [7, 11) is 3.18. The van der Waals surface area contributed by atoms with E-state index in [0.717, 1.165) is 18.4 Å². The molecule has 0 fully saturated rings. The summed E-state index contributed by atoms with van der Waals surface area (Å²) in [5, 5.41) is 0. The molecule has 112 valence electrons. The largest absolute Gasteiger partial charge is 0.497 e. The van der Waals surface area contributed by atoms with Crippen molar-refractivity contribution in [2.75, 3.05) is 20.8 Å². The van der Waals surface area contributed by atoms with Crippen molar-refractivity contribution in [3.8, 4) is 11.5 Å². The average Bonchev–Trinajstić information content (AvgIpc) is 2.47. The molecular weight excluding hydrogens is 256 g/mol. The van der Waals surface area contributed by atoms with Gasteiger partial charge in [0, 0.05) is 19.1 Å². The zero-order chi connectivity index (χ0) is 15.0. The maximum atomic E-state index is 12.2. The van der Waals surface area contributed by atoms with Gasteiger partial charge in [0.05, 0.1) is 14.2 Å². The predicted molar refractivity (Wildman–Crippen MR) is 78.4 cm³/mol. The molecule has 0 aliphatic heterocycles. The summed E-state index contributed by atoms with van der Waals surface area (Å²) in [6.45, 7) is 4.56. The Morgan fingerprint density at radius 2 is 1.65 bits per heavy atom. The van der Waals surface area contributed by atoms with Crippen molar-refractivity contribution < 1.29 is 19.0 Å². The van der Waals surface area contributed by atoms with E-state index in [1.165, 1.54) is 0 Å². The Hall–Kier alpha value is -1.55. The quantitative estimate of drug-likeness (QED) is 0.694. The highest BCUT2D eigenvalue weighted by Gasteiger charge is 2.21. The van der Waals surface area contributed by atoms with Crippen molar-refractivity contribution in [1.29, 1.82) is 0 Å². The lowest BCUT2D eigenvalue weighted by atomic mass is 10.0. The summed E-state index contributed by atoms with van der Waals surface area (Å²) in [5.74, 6) is 1.42. The molecule has 0 bridgehead atoms. The average molecular weight is 280 g/mol. The highest BCUT2D eigenvalue weighted by molar-refractivity contribution is 5.84. The maximum absolute atomic E-state index is 12.2. The molecule has 0 aromatic heterocycles. The number of hydrogen-bond acceptors (Lipinski definition) is 4. The molecule has 20 heavy (non-hydrogen) atoms. The number of Topliss-reactive ketones (excluding diaryl/α,β-unsaturated/α-hetero) is 1. The number of carbonyl (C=O) groups is 1. The van der Waals surface area contributed by atoms with Gasteiger partial charge in [0.2, 0.25) is 0 Å². The Labute approximate surface area is 121 Å². The van der Waals surface area contributed by atoms with Crippen molar-refractivity contribution >= 4 is 5.78 Å². The van der Waals surface area contributed by atoms with Crippen LogP contribution in [0.3, 0.4) is 0 Å². The zero-order valence-corrected chi connectivity index (χ0v) is 12.8. The Balaban J connectivity index is 3.07. The molecule has 0 N–H and O–H groups in total. The Morgan fingerprint density at radius 3 is 2.10 bits per heavy atom. The highest BCUT2D eigenvalue weighted by Crippen LogP contribution is 2.29. The van der Waals surface area contributed by atoms with Gasteiger partial charge in [0.25, 0.3) is 0 Å². The number of methoxy groups -OCH3 is 2. The molecule has 0 saturated heterocycles. The standard InChI is InChI=1S/C16H24O4/c1-5-7-15(17)16(20-8-6-2)12-9-13(18-3)11-14(10-12)19-4/h9-11,16H,5-8H2,1-4H3. The SMILES string of the molecule is CCCOC(C(=O)CCC)c1cc(OC)cc(OC)c1. The molecule has 0 spiro atoms. The third kappa shape index (κ3) is 4.53. The predicted octanol–water partition coefficient (Wildman–Crippen LogP) is 3.54. The van der Waals surface area contributed by atoms with E-state index in [1.807, 2.05) is 26.0 Å². The Bertz CT molecular complexity index is 406. The van der Waals surface area contributed by atoms with Crippen molar-refractivity contribution in [3.05, 3.63) is 23.8 Å². The van der Waals surface area contributed by atoms with Crippen molar-refractivity contribution in [2.24, 2.45) is 0 Å². The molecule has 1 aromatic rings. The summed E-state index contributed by atoms with van der Waals surface area (Å²) in [4.78, 5) is 12.2. The Morgan fingerprint density at radius 1 is 1.05 bits per heavy atom. The lowest BCUT2D eigenvalue weighted by Crippen LogP contribution is -2.16. The second-order valence-corrected chi connectivity index (χ2v) is 4.61. The van der Waals surface area contributed by atoms with E-state index in [0.29, 0.717) is 24.5 Å². The third-order valence-electron chi connectivity index (χ3n) is 2.95. The highest BCUT2D eigenvalue weighted by atomic mass is 16.5. The fourth-order valence-corrected chi connectivity index (χ4v) is 1.97. The van der Waals surface area contributed by atoms with E-state index >= 15 is 0 Å². The van der Waals surface area contributed by atoms with E-state index in [1.54, 1.807) is 20.3 Å². The van der Waals surface area contributed by atoms with E-state index in [-0.39, 0.29) is 5.78 Å². The van der Waals surface area contributed by atoms with Crippen LogP contribution < -0.4 is 9.47 Å². The second-order valence-electron chi connectivity index (χ2n) is 4.61. The number of ether oxygens (including phenoxy) is 3. The molecule has 4 nitrogen and oxygen atoms in total. The molecule has 1 rings (SSSR count). The van der Waals surface area contributed by atoms with Crippen LogP contribution in [-0.4, -0.2) is 26.6 Å². The van der Waals surface area contributed by atoms with E-state index in [4.69, 9.17) is 14.2 Å². The number of ketones is 1. The van der Waals surface area contributed by atoms with Crippen LogP contribution in [0.15, 0.2) is 18.2 Å². The van der Waals surface area contributed by atoms with E-state index in [2.05, 4.69) is 0 Å². The first kappa shape index (κ1) is 16.5. The molecule has 1 aromatic carbocycles. The normalized spacial score (nSPS) is 12.0. The number of rotatable bonds is 9. The van der Waals surface area contributed by atoms with E-state index in [9.17, 15) is 4.79 Å². The first-order chi connectivity index (χ1) is 9.65. The van der Waals surface area contributed by atoms with Gasteiger partial charge in [-0.05, 0) is 30.5 Å². The van der Waals surface area contributed by atoms with Crippen LogP contribution >= 0.6 is 0 Å². The van der Waals surface area contributed by atoms with Crippen molar-refractivity contribution in [3.63, 3.8) is 0 Å². The van der Waals surface area contributed by atoms with Gasteiger partial charge in [-0.25, -0.2) is 0 Å². The zero-order valence-electron chi connectivity index (χ0n) is 12.8. The molecule has 0 aliphatic carbocycles. The summed E-state index contributed by atoms with van der Waals surface area (Å²) in [6.07, 6.45) is 1.65. The minimum atomic E-state index is -0.543. The molecule has 1 unspecified atom stereocenters. The van der Waals surface area contributed by atoms with Gasteiger partial charge in [-0.2, -0.15) is 0 Å². The number of hydrogen-bond donors (Lipinski definition) is 0. The molecular formula is C16H24O4. The number of benzene rings is 1. The van der Waals surface area contributed by atoms with E-state index < -0.39 is 6.10 Å². The third-order valence-corrected chi connectivity index (χ3v) is 2.95. The molecule has 0 radical (unpaired) electrons. The second kappa shape index (κ2) is 8.59. The summed E-state index contributed by atoms with van der Waals surface area (Å²) >= 11 is 0. The van der Waals surface area contributed by atoms with Crippen molar-refractivity contribution in [2.45, 2.75) is 39.2 Å². The lowest BCUT2D eigenvalue weighted by molar-refractivity contribution is -0.131. The van der Waals surface area contributed by atoms with Gasteiger partial charge >= 0.3 is 0 Å². The van der Waals surface area contributed by atoms with Gasteiger partial charge in [0.15, 0.2) is 5.78 Å². The Kier molecular flexibility index (Phi) is 7.09. The minimum Gasteiger partial charge on any atom is -0.497 e. The summed E-state index contributed by atoms with van der Waals surface area (Å²) in [5.41, 5.74) is 0.785. The van der Waals surface area contributed by atoms with Crippen LogP contribution in [0.4, 0.5) is 0 Å². The van der Waals surface area contributed by atoms with Crippen LogP contribution in [0, 0.1) is 0 Å². The van der Waals surface area contributed by atoms with Crippen LogP contribution in [0.2, 0.25) is 0 Å². The van der Waals surface area contributed by atoms with Crippen LogP contribution in [0.5, 0.6) is 11.5 Å². The minimum absolute atomic E-state index is 0.0938. The molecule has 0 aliphatic rings. The van der Waals surface area contributed by atoms with Crippen LogP contribution in [-0.2, 0) is 9.53 Å². The topological polar surface area (TPSA) is 44.8 Å². The van der Waals surface area contributed by atoms with Gasteiger partial charge in [-0.15, -0.1) is 0 Å². The molecule has 0 amide bonds. The van der Waals surface area contributed by atoms with Crippen molar-refractivity contribution in [1.82, 2.24) is 0 Å². The van der Waals surface area contributed by atoms with Gasteiger partial charge in [-0.1, -0.05) is 13.8 Å². The van der Waals surface area contributed by atoms with Crippen LogP contribution in [0.1, 0.15) is 44.8 Å². The maximum Gasteiger partial charge on any atom is 0.166 e. The molecule has 0 saturated carbocycles. The first-order valence-electron chi connectivity index (χ1n) is 7.03. The van der Waals surface area contributed by atoms with Gasteiger partial charge in [0.1, 0.15) is 17.6 Å². The monoisotopic (exact) mass is 280 g/mol. The fraction of sp³-hybridized carbons (Fsp3) is 0.562. The molecule has 1 atom stereocenters. The summed E-state index contributed by atoms with van der Waals surface area (Å²) < 4.78 is 16.2. The fourth-order valence-electron chi connectivity index (χ4n) is 1.97. The molecule has 4 heteroatoms. The van der Waals surface area contributed by atoms with Crippen LogP contribution in [0.25, 0.3) is 0 Å². The first-order valence-corrected chi connectivity index (χ1v) is 7.03. The van der Waals surface area contributed by atoms with Gasteiger partial charge < -0.3 is 14.2 Å². The lowest BCUT2D eigenvalue weighted by Gasteiger charge is -2.18.